The Morgan fingerprint density at radius 1 is 1.36 bits per heavy atom. The van der Waals surface area contributed by atoms with Gasteiger partial charge in [0.1, 0.15) is 0 Å². The minimum absolute atomic E-state index is 0.548. The van der Waals surface area contributed by atoms with Gasteiger partial charge in [-0.2, -0.15) is 0 Å². The fourth-order valence-electron chi connectivity index (χ4n) is 1.28. The Morgan fingerprint density at radius 3 is 2.64 bits per heavy atom. The van der Waals surface area contributed by atoms with E-state index >= 15 is 0 Å². The van der Waals surface area contributed by atoms with E-state index in [1.807, 2.05) is 25.2 Å². The van der Waals surface area contributed by atoms with E-state index < -0.39 is 7.12 Å². The van der Waals surface area contributed by atoms with Crippen molar-refractivity contribution in [3.63, 3.8) is 0 Å². The lowest BCUT2D eigenvalue weighted by Crippen LogP contribution is -2.30. The Labute approximate surface area is 85.1 Å². The van der Waals surface area contributed by atoms with E-state index in [4.69, 9.17) is 10.0 Å². The van der Waals surface area contributed by atoms with E-state index in [-0.39, 0.29) is 0 Å². The van der Waals surface area contributed by atoms with Crippen molar-refractivity contribution in [1.82, 2.24) is 4.90 Å². The maximum atomic E-state index is 8.98. The summed E-state index contributed by atoms with van der Waals surface area (Å²) >= 11 is 0. The fraction of sp³-hybridized carbons (Fsp3) is 0.400. The quantitative estimate of drug-likeness (QED) is 0.652. The summed E-state index contributed by atoms with van der Waals surface area (Å²) in [4.78, 5) is 2.16. The zero-order chi connectivity index (χ0) is 10.6. The first-order chi connectivity index (χ1) is 6.63. The summed E-state index contributed by atoms with van der Waals surface area (Å²) in [5.74, 6) is 0. The molecular weight excluding hydrogens is 177 g/mol. The molecule has 0 amide bonds. The van der Waals surface area contributed by atoms with Crippen molar-refractivity contribution in [2.24, 2.45) is 0 Å². The maximum Gasteiger partial charge on any atom is 0.488 e. The van der Waals surface area contributed by atoms with Crippen LogP contribution in [0.4, 0.5) is 0 Å². The molecular formula is C10H16BNO2. The van der Waals surface area contributed by atoms with Crippen LogP contribution in [-0.4, -0.2) is 35.7 Å². The van der Waals surface area contributed by atoms with Crippen LogP contribution >= 0.6 is 0 Å². The van der Waals surface area contributed by atoms with Gasteiger partial charge < -0.3 is 14.9 Å². The number of nitrogens with zero attached hydrogens (tertiary/aromatic N) is 1. The van der Waals surface area contributed by atoms with Gasteiger partial charge in [-0.25, -0.2) is 0 Å². The highest BCUT2D eigenvalue weighted by Gasteiger charge is 2.10. The molecule has 0 saturated heterocycles. The number of hydrogen-bond acceptors (Lipinski definition) is 3. The average Bonchev–Trinajstić information content (AvgIpc) is 2.18. The molecule has 0 aliphatic heterocycles. The number of benzene rings is 1. The van der Waals surface area contributed by atoms with Gasteiger partial charge in [-0.3, -0.25) is 0 Å². The maximum absolute atomic E-state index is 8.98. The third-order valence-corrected chi connectivity index (χ3v) is 2.24. The Morgan fingerprint density at radius 2 is 2.07 bits per heavy atom. The van der Waals surface area contributed by atoms with Crippen LogP contribution in [0.25, 0.3) is 0 Å². The molecule has 4 heteroatoms. The normalized spacial score (nSPS) is 10.6. The van der Waals surface area contributed by atoms with Gasteiger partial charge in [0.15, 0.2) is 0 Å². The standard InChI is InChI=1S/C10H16BNO2/c1-3-12(2)8-9-5-4-6-10(7-9)11(13)14/h4-7,13-14H,3,8H2,1-2H3. The summed E-state index contributed by atoms with van der Waals surface area (Å²) in [6.45, 7) is 3.90. The molecule has 0 saturated carbocycles. The second-order valence-electron chi connectivity index (χ2n) is 3.45. The molecule has 0 unspecified atom stereocenters. The van der Waals surface area contributed by atoms with Crippen molar-refractivity contribution in [3.8, 4) is 0 Å². The van der Waals surface area contributed by atoms with E-state index in [2.05, 4.69) is 11.8 Å². The van der Waals surface area contributed by atoms with Gasteiger partial charge in [0.25, 0.3) is 0 Å². The van der Waals surface area contributed by atoms with Crippen LogP contribution in [0.3, 0.4) is 0 Å². The molecule has 1 aromatic carbocycles. The minimum Gasteiger partial charge on any atom is -0.423 e. The van der Waals surface area contributed by atoms with E-state index in [0.717, 1.165) is 18.7 Å². The van der Waals surface area contributed by atoms with Crippen LogP contribution in [0, 0.1) is 0 Å². The Bertz CT molecular complexity index is 291. The van der Waals surface area contributed by atoms with Crippen LogP contribution in [0.1, 0.15) is 12.5 Å². The predicted molar refractivity (Wildman–Crippen MR) is 58.3 cm³/mol. The minimum atomic E-state index is -1.37. The van der Waals surface area contributed by atoms with E-state index in [9.17, 15) is 0 Å². The van der Waals surface area contributed by atoms with E-state index in [1.165, 1.54) is 0 Å². The van der Waals surface area contributed by atoms with Gasteiger partial charge in [-0.1, -0.05) is 31.2 Å². The third-order valence-electron chi connectivity index (χ3n) is 2.24. The summed E-state index contributed by atoms with van der Waals surface area (Å²) in [6.07, 6.45) is 0. The lowest BCUT2D eigenvalue weighted by Gasteiger charge is -2.14. The van der Waals surface area contributed by atoms with Crippen LogP contribution in [-0.2, 0) is 6.54 Å². The topological polar surface area (TPSA) is 43.7 Å². The molecule has 0 bridgehead atoms. The first-order valence-electron chi connectivity index (χ1n) is 4.77. The van der Waals surface area contributed by atoms with Crippen molar-refractivity contribution in [3.05, 3.63) is 29.8 Å². The molecule has 0 heterocycles. The SMILES string of the molecule is CCN(C)Cc1cccc(B(O)O)c1. The number of hydrogen-bond donors (Lipinski definition) is 2. The van der Waals surface area contributed by atoms with E-state index in [1.54, 1.807) is 6.07 Å². The molecule has 0 spiro atoms. The second-order valence-corrected chi connectivity index (χ2v) is 3.45. The van der Waals surface area contributed by atoms with Crippen LogP contribution in [0.2, 0.25) is 0 Å². The lowest BCUT2D eigenvalue weighted by molar-refractivity contribution is 0.346. The highest BCUT2D eigenvalue weighted by molar-refractivity contribution is 6.58. The third kappa shape index (κ3) is 3.14. The van der Waals surface area contributed by atoms with Crippen molar-refractivity contribution >= 4 is 12.6 Å². The molecule has 0 radical (unpaired) electrons. The van der Waals surface area contributed by atoms with Crippen molar-refractivity contribution in [1.29, 1.82) is 0 Å². The van der Waals surface area contributed by atoms with Gasteiger partial charge in [0.05, 0.1) is 0 Å². The molecule has 14 heavy (non-hydrogen) atoms. The highest BCUT2D eigenvalue weighted by Crippen LogP contribution is 2.01. The van der Waals surface area contributed by atoms with Gasteiger partial charge in [0, 0.05) is 6.54 Å². The summed E-state index contributed by atoms with van der Waals surface area (Å²) in [5.41, 5.74) is 1.65. The molecule has 0 fully saturated rings. The summed E-state index contributed by atoms with van der Waals surface area (Å²) < 4.78 is 0. The van der Waals surface area contributed by atoms with Crippen LogP contribution < -0.4 is 5.46 Å². The van der Waals surface area contributed by atoms with Crippen molar-refractivity contribution in [2.75, 3.05) is 13.6 Å². The molecule has 0 aliphatic carbocycles. The van der Waals surface area contributed by atoms with Crippen molar-refractivity contribution in [2.45, 2.75) is 13.5 Å². The number of rotatable bonds is 4. The molecule has 0 aliphatic rings. The molecule has 1 aromatic rings. The molecule has 0 atom stereocenters. The van der Waals surface area contributed by atoms with Crippen LogP contribution in [0.15, 0.2) is 24.3 Å². The van der Waals surface area contributed by atoms with E-state index in [0.29, 0.717) is 5.46 Å². The summed E-state index contributed by atoms with van der Waals surface area (Å²) in [7, 11) is 0.657. The largest absolute Gasteiger partial charge is 0.488 e. The molecule has 3 nitrogen and oxygen atoms in total. The van der Waals surface area contributed by atoms with Gasteiger partial charge in [-0.15, -0.1) is 0 Å². The molecule has 76 valence electrons. The Balaban J connectivity index is 2.73. The summed E-state index contributed by atoms with van der Waals surface area (Å²) in [5, 5.41) is 18.0. The fourth-order valence-corrected chi connectivity index (χ4v) is 1.28. The average molecular weight is 193 g/mol. The van der Waals surface area contributed by atoms with Crippen LogP contribution in [0.5, 0.6) is 0 Å². The smallest absolute Gasteiger partial charge is 0.423 e. The first-order valence-corrected chi connectivity index (χ1v) is 4.77. The Kier molecular flexibility index (Phi) is 4.13. The van der Waals surface area contributed by atoms with Gasteiger partial charge in [0.2, 0.25) is 0 Å². The van der Waals surface area contributed by atoms with Crippen molar-refractivity contribution < 1.29 is 10.0 Å². The zero-order valence-corrected chi connectivity index (χ0v) is 8.64. The zero-order valence-electron chi connectivity index (χ0n) is 8.64. The molecule has 0 aromatic heterocycles. The predicted octanol–water partition coefficient (Wildman–Crippen LogP) is -0.182. The summed E-state index contributed by atoms with van der Waals surface area (Å²) in [6, 6.07) is 7.35. The second kappa shape index (κ2) is 5.15. The van der Waals surface area contributed by atoms with Gasteiger partial charge >= 0.3 is 7.12 Å². The lowest BCUT2D eigenvalue weighted by atomic mass is 9.79. The molecule has 2 N–H and O–H groups in total. The first kappa shape index (κ1) is 11.2. The monoisotopic (exact) mass is 193 g/mol. The Hall–Kier alpha value is -0.835. The highest BCUT2D eigenvalue weighted by atomic mass is 16.4. The molecule has 1 rings (SSSR count). The van der Waals surface area contributed by atoms with Gasteiger partial charge in [-0.05, 0) is 24.6 Å².